The minimum Gasteiger partial charge on any atom is -0.207 e. The average molecular weight is 229 g/mol. The Bertz CT molecular complexity index is 585. The molecule has 0 radical (unpaired) electrons. The summed E-state index contributed by atoms with van der Waals surface area (Å²) in [6, 6.07) is 12.4. The molecule has 3 heteroatoms. The smallest absolute Gasteiger partial charge is 0.128 e. The number of hydrogen-bond acceptors (Lipinski definition) is 1. The van der Waals surface area contributed by atoms with Gasteiger partial charge < -0.3 is 0 Å². The lowest BCUT2D eigenvalue weighted by molar-refractivity contribution is 0.615. The summed E-state index contributed by atoms with van der Waals surface area (Å²) < 4.78 is 26.6. The molecule has 0 aliphatic carbocycles. The second-order valence-electron chi connectivity index (χ2n) is 3.65. The van der Waals surface area contributed by atoms with Crippen LogP contribution in [0.15, 0.2) is 42.5 Å². The van der Waals surface area contributed by atoms with Crippen molar-refractivity contribution in [3.05, 3.63) is 59.7 Å². The molecule has 0 heterocycles. The van der Waals surface area contributed by atoms with Crippen molar-refractivity contribution in [3.63, 3.8) is 0 Å². The Kier molecular flexibility index (Phi) is 3.15. The molecular formula is C14H9F2N. The number of nitriles is 1. The van der Waals surface area contributed by atoms with Crippen molar-refractivity contribution in [3.8, 4) is 17.2 Å². The summed E-state index contributed by atoms with van der Waals surface area (Å²) in [5.74, 6) is -0.794. The standard InChI is InChI=1S/C14H9F2N/c15-13-3-1-2-11(8-13)12-5-4-10(6-7-17)14(16)9-12/h1-5,8-9H,6H2. The molecule has 0 aromatic heterocycles. The van der Waals surface area contributed by atoms with Gasteiger partial charge in [-0.15, -0.1) is 0 Å². The highest BCUT2D eigenvalue weighted by Gasteiger charge is 2.05. The molecule has 0 spiro atoms. The van der Waals surface area contributed by atoms with Gasteiger partial charge in [0.1, 0.15) is 11.6 Å². The molecule has 0 aliphatic rings. The van der Waals surface area contributed by atoms with Gasteiger partial charge in [-0.3, -0.25) is 0 Å². The molecule has 2 rings (SSSR count). The van der Waals surface area contributed by atoms with E-state index >= 15 is 0 Å². The van der Waals surface area contributed by atoms with E-state index in [1.807, 2.05) is 6.07 Å². The lowest BCUT2D eigenvalue weighted by atomic mass is 10.0. The summed E-state index contributed by atoms with van der Waals surface area (Å²) in [6.45, 7) is 0. The molecule has 0 amide bonds. The Morgan fingerprint density at radius 1 is 1.00 bits per heavy atom. The maximum Gasteiger partial charge on any atom is 0.128 e. The first kappa shape index (κ1) is 11.3. The van der Waals surface area contributed by atoms with E-state index in [0.29, 0.717) is 16.7 Å². The van der Waals surface area contributed by atoms with Gasteiger partial charge in [0, 0.05) is 5.56 Å². The molecule has 0 saturated heterocycles. The molecule has 0 unspecified atom stereocenters. The van der Waals surface area contributed by atoms with Crippen molar-refractivity contribution in [2.45, 2.75) is 6.42 Å². The van der Waals surface area contributed by atoms with Gasteiger partial charge in [-0.05, 0) is 29.3 Å². The third-order valence-electron chi connectivity index (χ3n) is 2.48. The SMILES string of the molecule is N#CCc1ccc(-c2cccc(F)c2)cc1F. The first-order valence-electron chi connectivity index (χ1n) is 5.12. The van der Waals surface area contributed by atoms with Crippen LogP contribution in [0.4, 0.5) is 8.78 Å². The summed E-state index contributed by atoms with van der Waals surface area (Å²) in [7, 11) is 0. The monoisotopic (exact) mass is 229 g/mol. The average Bonchev–Trinajstić information content (AvgIpc) is 2.32. The van der Waals surface area contributed by atoms with Gasteiger partial charge in [-0.25, -0.2) is 8.78 Å². The highest BCUT2D eigenvalue weighted by molar-refractivity contribution is 5.63. The Balaban J connectivity index is 2.42. The van der Waals surface area contributed by atoms with Crippen molar-refractivity contribution < 1.29 is 8.78 Å². The summed E-state index contributed by atoms with van der Waals surface area (Å²) in [5, 5.41) is 8.50. The van der Waals surface area contributed by atoms with Crippen molar-refractivity contribution in [2.24, 2.45) is 0 Å². The second-order valence-corrected chi connectivity index (χ2v) is 3.65. The van der Waals surface area contributed by atoms with E-state index in [9.17, 15) is 8.78 Å². The van der Waals surface area contributed by atoms with Crippen LogP contribution in [0.5, 0.6) is 0 Å². The van der Waals surface area contributed by atoms with E-state index < -0.39 is 5.82 Å². The Morgan fingerprint density at radius 2 is 1.76 bits per heavy atom. The van der Waals surface area contributed by atoms with Crippen LogP contribution in [-0.4, -0.2) is 0 Å². The van der Waals surface area contributed by atoms with Crippen molar-refractivity contribution in [1.82, 2.24) is 0 Å². The van der Waals surface area contributed by atoms with Gasteiger partial charge in [0.05, 0.1) is 12.5 Å². The fraction of sp³-hybridized carbons (Fsp3) is 0.0714. The van der Waals surface area contributed by atoms with Crippen LogP contribution in [0.3, 0.4) is 0 Å². The van der Waals surface area contributed by atoms with Gasteiger partial charge >= 0.3 is 0 Å². The number of hydrogen-bond donors (Lipinski definition) is 0. The molecular weight excluding hydrogens is 220 g/mol. The quantitative estimate of drug-likeness (QED) is 0.770. The van der Waals surface area contributed by atoms with Gasteiger partial charge in [0.25, 0.3) is 0 Å². The predicted octanol–water partition coefficient (Wildman–Crippen LogP) is 3.70. The zero-order valence-electron chi connectivity index (χ0n) is 8.95. The zero-order chi connectivity index (χ0) is 12.3. The van der Waals surface area contributed by atoms with E-state index in [4.69, 9.17) is 5.26 Å². The maximum absolute atomic E-state index is 13.6. The van der Waals surface area contributed by atoms with E-state index in [2.05, 4.69) is 0 Å². The predicted molar refractivity (Wildman–Crippen MR) is 61.1 cm³/mol. The maximum atomic E-state index is 13.6. The molecule has 1 nitrogen and oxygen atoms in total. The van der Waals surface area contributed by atoms with Crippen LogP contribution in [0.2, 0.25) is 0 Å². The molecule has 2 aromatic carbocycles. The van der Waals surface area contributed by atoms with Crippen LogP contribution < -0.4 is 0 Å². The third-order valence-corrected chi connectivity index (χ3v) is 2.48. The first-order valence-corrected chi connectivity index (χ1v) is 5.12. The third kappa shape index (κ3) is 2.48. The molecule has 0 bridgehead atoms. The Hall–Kier alpha value is -2.21. The van der Waals surface area contributed by atoms with Crippen LogP contribution >= 0.6 is 0 Å². The molecule has 17 heavy (non-hydrogen) atoms. The number of rotatable bonds is 2. The lowest BCUT2D eigenvalue weighted by Gasteiger charge is -2.04. The fourth-order valence-electron chi connectivity index (χ4n) is 1.62. The summed E-state index contributed by atoms with van der Waals surface area (Å²) in [5.41, 5.74) is 1.57. The van der Waals surface area contributed by atoms with Crippen LogP contribution in [0, 0.1) is 23.0 Å². The molecule has 2 aromatic rings. The van der Waals surface area contributed by atoms with Crippen molar-refractivity contribution in [1.29, 1.82) is 5.26 Å². The van der Waals surface area contributed by atoms with Gasteiger partial charge in [0.15, 0.2) is 0 Å². The minimum absolute atomic E-state index is 0.0370. The summed E-state index contributed by atoms with van der Waals surface area (Å²) in [6.07, 6.45) is 0.0370. The molecule has 84 valence electrons. The molecule has 0 atom stereocenters. The number of nitrogens with zero attached hydrogens (tertiary/aromatic N) is 1. The highest BCUT2D eigenvalue weighted by Crippen LogP contribution is 2.22. The Labute approximate surface area is 97.9 Å². The second kappa shape index (κ2) is 4.75. The number of benzene rings is 2. The van der Waals surface area contributed by atoms with Gasteiger partial charge in [-0.2, -0.15) is 5.26 Å². The Morgan fingerprint density at radius 3 is 2.41 bits per heavy atom. The van der Waals surface area contributed by atoms with Crippen molar-refractivity contribution >= 4 is 0 Å². The molecule has 0 fully saturated rings. The van der Waals surface area contributed by atoms with E-state index in [-0.39, 0.29) is 12.2 Å². The fourth-order valence-corrected chi connectivity index (χ4v) is 1.62. The van der Waals surface area contributed by atoms with E-state index in [1.165, 1.54) is 18.2 Å². The minimum atomic E-state index is -0.437. The first-order chi connectivity index (χ1) is 8.20. The van der Waals surface area contributed by atoms with Crippen LogP contribution in [0.25, 0.3) is 11.1 Å². The zero-order valence-corrected chi connectivity index (χ0v) is 8.95. The summed E-state index contributed by atoms with van der Waals surface area (Å²) >= 11 is 0. The molecule has 0 saturated carbocycles. The van der Waals surface area contributed by atoms with Gasteiger partial charge in [-0.1, -0.05) is 24.3 Å². The van der Waals surface area contributed by atoms with E-state index in [1.54, 1.807) is 24.3 Å². The topological polar surface area (TPSA) is 23.8 Å². The normalized spacial score (nSPS) is 9.94. The van der Waals surface area contributed by atoms with E-state index in [0.717, 1.165) is 0 Å². The number of halogens is 2. The largest absolute Gasteiger partial charge is 0.207 e. The van der Waals surface area contributed by atoms with Crippen molar-refractivity contribution in [2.75, 3.05) is 0 Å². The lowest BCUT2D eigenvalue weighted by Crippen LogP contribution is -1.89. The highest BCUT2D eigenvalue weighted by atomic mass is 19.1. The van der Waals surface area contributed by atoms with Crippen LogP contribution in [0.1, 0.15) is 5.56 Å². The molecule has 0 N–H and O–H groups in total. The molecule has 0 aliphatic heterocycles. The van der Waals surface area contributed by atoms with Crippen LogP contribution in [-0.2, 0) is 6.42 Å². The van der Waals surface area contributed by atoms with Gasteiger partial charge in [0.2, 0.25) is 0 Å². The summed E-state index contributed by atoms with van der Waals surface area (Å²) in [4.78, 5) is 0.